The Bertz CT molecular complexity index is 758. The molecule has 0 radical (unpaired) electrons. The maximum Gasteiger partial charge on any atom is 0.253 e. The molecule has 0 spiro atoms. The number of piperidine rings is 1. The average molecular weight is 335 g/mol. The van der Waals surface area contributed by atoms with Gasteiger partial charge in [0.1, 0.15) is 0 Å². The van der Waals surface area contributed by atoms with Crippen molar-refractivity contribution in [2.24, 2.45) is 11.8 Å². The van der Waals surface area contributed by atoms with Gasteiger partial charge in [-0.25, -0.2) is 0 Å². The van der Waals surface area contributed by atoms with Crippen molar-refractivity contribution in [2.75, 3.05) is 13.1 Å². The summed E-state index contributed by atoms with van der Waals surface area (Å²) in [4.78, 5) is 15.1. The average Bonchev–Trinajstić information content (AvgIpc) is 2.67. The number of carbonyl (C=O) groups is 1. The van der Waals surface area contributed by atoms with Gasteiger partial charge in [0.15, 0.2) is 0 Å². The number of fused-ring (bicyclic) bond motifs is 2. The number of aliphatic hydroxyl groups is 1. The van der Waals surface area contributed by atoms with Gasteiger partial charge in [-0.2, -0.15) is 0 Å². The van der Waals surface area contributed by atoms with E-state index in [0.717, 1.165) is 35.3 Å². The molecular weight excluding hydrogens is 310 g/mol. The lowest BCUT2D eigenvalue weighted by Crippen LogP contribution is -2.45. The molecule has 1 N–H and O–H groups in total. The van der Waals surface area contributed by atoms with Crippen LogP contribution in [0, 0.1) is 11.8 Å². The Labute approximate surface area is 149 Å². The third kappa shape index (κ3) is 3.34. The van der Waals surface area contributed by atoms with E-state index in [4.69, 9.17) is 0 Å². The molecule has 2 aromatic carbocycles. The Morgan fingerprint density at radius 1 is 1.04 bits per heavy atom. The van der Waals surface area contributed by atoms with Gasteiger partial charge in [-0.1, -0.05) is 42.8 Å². The zero-order valence-electron chi connectivity index (χ0n) is 14.5. The number of hydrogen-bond acceptors (Lipinski definition) is 2. The highest BCUT2D eigenvalue weighted by Gasteiger charge is 2.32. The quantitative estimate of drug-likeness (QED) is 0.917. The van der Waals surface area contributed by atoms with Gasteiger partial charge < -0.3 is 10.0 Å². The minimum atomic E-state index is 0.00380. The van der Waals surface area contributed by atoms with Crippen LogP contribution < -0.4 is 0 Å². The highest BCUT2D eigenvalue weighted by molar-refractivity contribution is 5.95. The van der Waals surface area contributed by atoms with Crippen molar-refractivity contribution in [1.29, 1.82) is 0 Å². The standard InChI is InChI=1S/C22H25NO2/c24-15-20-7-1-2-10-21(20)18-8-4-9-19(12-18)22(25)23-13-16-5-3-6-17(11-16)14-23/h1-2,4,7-10,12,16-17,24H,3,5-6,11,13-15H2/t16-,17+. The van der Waals surface area contributed by atoms with E-state index in [0.29, 0.717) is 11.8 Å². The Morgan fingerprint density at radius 3 is 2.56 bits per heavy atom. The van der Waals surface area contributed by atoms with Crippen LogP contribution in [-0.4, -0.2) is 29.0 Å². The molecule has 4 rings (SSSR count). The molecule has 1 amide bonds. The van der Waals surface area contributed by atoms with Crippen LogP contribution in [0.4, 0.5) is 0 Å². The van der Waals surface area contributed by atoms with E-state index < -0.39 is 0 Å². The predicted octanol–water partition coefficient (Wildman–Crippen LogP) is 4.11. The van der Waals surface area contributed by atoms with Gasteiger partial charge in [0.05, 0.1) is 6.61 Å². The number of benzene rings is 2. The predicted molar refractivity (Wildman–Crippen MR) is 99.2 cm³/mol. The van der Waals surface area contributed by atoms with Crippen molar-refractivity contribution in [3.05, 3.63) is 59.7 Å². The summed E-state index contributed by atoms with van der Waals surface area (Å²) in [7, 11) is 0. The second kappa shape index (κ2) is 7.01. The molecule has 130 valence electrons. The molecule has 3 heteroatoms. The molecule has 1 saturated heterocycles. The summed E-state index contributed by atoms with van der Waals surface area (Å²) in [6.45, 7) is 1.82. The molecule has 2 atom stereocenters. The van der Waals surface area contributed by atoms with E-state index in [1.807, 2.05) is 48.5 Å². The van der Waals surface area contributed by atoms with Gasteiger partial charge >= 0.3 is 0 Å². The SMILES string of the molecule is O=C(c1cccc(-c2ccccc2CO)c1)N1C[C@@H]2CCC[C@@H](C2)C1. The summed E-state index contributed by atoms with van der Waals surface area (Å²) in [5, 5.41) is 9.58. The molecule has 1 aliphatic heterocycles. The molecule has 0 aromatic heterocycles. The molecular formula is C22H25NO2. The number of carbonyl (C=O) groups excluding carboxylic acids is 1. The largest absolute Gasteiger partial charge is 0.392 e. The van der Waals surface area contributed by atoms with Crippen molar-refractivity contribution in [3.8, 4) is 11.1 Å². The Morgan fingerprint density at radius 2 is 1.80 bits per heavy atom. The third-order valence-corrected chi connectivity index (χ3v) is 5.74. The zero-order valence-corrected chi connectivity index (χ0v) is 14.5. The van der Waals surface area contributed by atoms with Gasteiger partial charge in [-0.15, -0.1) is 0 Å². The van der Waals surface area contributed by atoms with Crippen molar-refractivity contribution in [1.82, 2.24) is 4.90 Å². The molecule has 1 heterocycles. The monoisotopic (exact) mass is 335 g/mol. The number of rotatable bonds is 3. The van der Waals surface area contributed by atoms with E-state index in [1.54, 1.807) is 0 Å². The summed E-state index contributed by atoms with van der Waals surface area (Å²) < 4.78 is 0. The molecule has 0 unspecified atom stereocenters. The van der Waals surface area contributed by atoms with Gasteiger partial charge in [-0.05, 0) is 59.9 Å². The normalized spacial score (nSPS) is 22.7. The van der Waals surface area contributed by atoms with E-state index in [-0.39, 0.29) is 12.5 Å². The van der Waals surface area contributed by atoms with Gasteiger partial charge in [-0.3, -0.25) is 4.79 Å². The molecule has 2 aliphatic rings. The lowest BCUT2D eigenvalue weighted by atomic mass is 9.78. The molecule has 25 heavy (non-hydrogen) atoms. The van der Waals surface area contributed by atoms with Crippen molar-refractivity contribution >= 4 is 5.91 Å². The van der Waals surface area contributed by atoms with Crippen LogP contribution in [0.15, 0.2) is 48.5 Å². The summed E-state index contributed by atoms with van der Waals surface area (Å²) in [5.74, 6) is 1.53. The summed E-state index contributed by atoms with van der Waals surface area (Å²) >= 11 is 0. The Kier molecular flexibility index (Phi) is 4.58. The Balaban J connectivity index is 1.60. The Hall–Kier alpha value is -2.13. The first-order chi connectivity index (χ1) is 12.2. The molecule has 3 nitrogen and oxygen atoms in total. The minimum absolute atomic E-state index is 0.00380. The summed E-state index contributed by atoms with van der Waals surface area (Å²) in [6, 6.07) is 15.7. The summed E-state index contributed by atoms with van der Waals surface area (Å²) in [6.07, 6.45) is 5.16. The lowest BCUT2D eigenvalue weighted by molar-refractivity contribution is 0.0504. The first-order valence-corrected chi connectivity index (χ1v) is 9.33. The van der Waals surface area contributed by atoms with Crippen LogP contribution in [0.3, 0.4) is 0 Å². The minimum Gasteiger partial charge on any atom is -0.392 e. The van der Waals surface area contributed by atoms with Crippen LogP contribution in [-0.2, 0) is 6.61 Å². The van der Waals surface area contributed by atoms with Gasteiger partial charge in [0.2, 0.25) is 0 Å². The highest BCUT2D eigenvalue weighted by atomic mass is 16.3. The van der Waals surface area contributed by atoms with Crippen LogP contribution in [0.2, 0.25) is 0 Å². The second-order valence-electron chi connectivity index (χ2n) is 7.50. The fraction of sp³-hybridized carbons (Fsp3) is 0.409. The van der Waals surface area contributed by atoms with Crippen LogP contribution >= 0.6 is 0 Å². The number of amides is 1. The maximum absolute atomic E-state index is 13.0. The number of nitrogens with zero attached hydrogens (tertiary/aromatic N) is 1. The molecule has 1 aliphatic carbocycles. The van der Waals surface area contributed by atoms with E-state index in [2.05, 4.69) is 4.90 Å². The first kappa shape index (κ1) is 16.3. The number of likely N-dealkylation sites (tertiary alicyclic amines) is 1. The molecule has 2 aromatic rings. The van der Waals surface area contributed by atoms with E-state index in [1.165, 1.54) is 25.7 Å². The smallest absolute Gasteiger partial charge is 0.253 e. The van der Waals surface area contributed by atoms with Crippen molar-refractivity contribution < 1.29 is 9.90 Å². The van der Waals surface area contributed by atoms with Crippen LogP contribution in [0.5, 0.6) is 0 Å². The van der Waals surface area contributed by atoms with E-state index >= 15 is 0 Å². The van der Waals surface area contributed by atoms with Crippen LogP contribution in [0.1, 0.15) is 41.6 Å². The fourth-order valence-corrected chi connectivity index (χ4v) is 4.54. The maximum atomic E-state index is 13.0. The van der Waals surface area contributed by atoms with E-state index in [9.17, 15) is 9.90 Å². The highest BCUT2D eigenvalue weighted by Crippen LogP contribution is 2.35. The van der Waals surface area contributed by atoms with Crippen molar-refractivity contribution in [3.63, 3.8) is 0 Å². The molecule has 1 saturated carbocycles. The number of hydrogen-bond donors (Lipinski definition) is 1. The number of aliphatic hydroxyl groups excluding tert-OH is 1. The zero-order chi connectivity index (χ0) is 17.2. The molecule has 2 bridgehead atoms. The summed E-state index contributed by atoms with van der Waals surface area (Å²) in [5.41, 5.74) is 3.63. The molecule has 2 fully saturated rings. The topological polar surface area (TPSA) is 40.5 Å². The van der Waals surface area contributed by atoms with Crippen LogP contribution in [0.25, 0.3) is 11.1 Å². The van der Waals surface area contributed by atoms with Crippen molar-refractivity contribution in [2.45, 2.75) is 32.3 Å². The first-order valence-electron chi connectivity index (χ1n) is 9.33. The lowest BCUT2D eigenvalue weighted by Gasteiger charge is -2.41. The second-order valence-corrected chi connectivity index (χ2v) is 7.50. The van der Waals surface area contributed by atoms with Gasteiger partial charge in [0, 0.05) is 18.7 Å². The fourth-order valence-electron chi connectivity index (χ4n) is 4.54. The third-order valence-electron chi connectivity index (χ3n) is 5.74. The van der Waals surface area contributed by atoms with Gasteiger partial charge in [0.25, 0.3) is 5.91 Å².